The molecule has 1 aromatic carbocycles. The lowest BCUT2D eigenvalue weighted by atomic mass is 10.1. The van der Waals surface area contributed by atoms with Crippen molar-refractivity contribution in [1.29, 1.82) is 0 Å². The number of ether oxygens (including phenoxy) is 3. The van der Waals surface area contributed by atoms with E-state index < -0.39 is 0 Å². The lowest BCUT2D eigenvalue weighted by molar-refractivity contribution is 0.293. The molecular weight excluding hydrogens is 358 g/mol. The lowest BCUT2D eigenvalue weighted by Gasteiger charge is -2.19. The molecule has 0 aliphatic carbocycles. The molecule has 3 rings (SSSR count). The molecule has 0 fully saturated rings. The molecule has 0 bridgehead atoms. The Kier molecular flexibility index (Phi) is 5.90. The van der Waals surface area contributed by atoms with Crippen LogP contribution < -0.4 is 25.1 Å². The fraction of sp³-hybridized carbons (Fsp3) is 0.250. The Bertz CT molecular complexity index is 962. The summed E-state index contributed by atoms with van der Waals surface area (Å²) >= 11 is 0. The molecule has 0 aliphatic rings. The number of hydrogen-bond acceptors (Lipinski definition) is 8. The molecule has 2 N–H and O–H groups in total. The van der Waals surface area contributed by atoms with Gasteiger partial charge in [0.2, 0.25) is 17.6 Å². The van der Waals surface area contributed by atoms with Crippen molar-refractivity contribution in [2.24, 2.45) is 5.84 Å². The third-order valence-corrected chi connectivity index (χ3v) is 4.27. The quantitative estimate of drug-likeness (QED) is 0.493. The molecule has 0 amide bonds. The first kappa shape index (κ1) is 19.4. The number of benzene rings is 1. The molecular formula is C20H23N5O3. The molecule has 0 saturated heterocycles. The summed E-state index contributed by atoms with van der Waals surface area (Å²) < 4.78 is 16.4. The van der Waals surface area contributed by atoms with Gasteiger partial charge >= 0.3 is 0 Å². The number of aryl methyl sites for hydroxylation is 1. The third-order valence-electron chi connectivity index (χ3n) is 4.27. The highest BCUT2D eigenvalue weighted by Gasteiger charge is 2.14. The number of nitrogens with zero attached hydrogens (tertiary/aromatic N) is 4. The fourth-order valence-electron chi connectivity index (χ4n) is 2.79. The van der Waals surface area contributed by atoms with Gasteiger partial charge < -0.3 is 19.2 Å². The fourth-order valence-corrected chi connectivity index (χ4v) is 2.79. The second-order valence-electron chi connectivity index (χ2n) is 6.14. The molecule has 146 valence electrons. The van der Waals surface area contributed by atoms with Gasteiger partial charge in [-0.25, -0.2) is 10.8 Å². The smallest absolute Gasteiger partial charge is 0.242 e. The summed E-state index contributed by atoms with van der Waals surface area (Å²) in [7, 11) is 4.86. The van der Waals surface area contributed by atoms with Gasteiger partial charge in [0, 0.05) is 24.7 Å². The Balaban J connectivity index is 1.88. The van der Waals surface area contributed by atoms with Crippen molar-refractivity contribution >= 4 is 5.69 Å². The first-order valence-electron chi connectivity index (χ1n) is 8.66. The first-order chi connectivity index (χ1) is 13.5. The van der Waals surface area contributed by atoms with Crippen LogP contribution in [0.2, 0.25) is 0 Å². The largest absolute Gasteiger partial charge is 0.480 e. The number of hydrazine groups is 1. The summed E-state index contributed by atoms with van der Waals surface area (Å²) in [5, 5.41) is 9.51. The predicted octanol–water partition coefficient (Wildman–Crippen LogP) is 2.75. The van der Waals surface area contributed by atoms with E-state index in [9.17, 15) is 0 Å². The summed E-state index contributed by atoms with van der Waals surface area (Å²) in [6.45, 7) is 2.37. The van der Waals surface area contributed by atoms with Crippen molar-refractivity contribution < 1.29 is 14.2 Å². The number of nitrogens with two attached hydrogens (primary N) is 1. The van der Waals surface area contributed by atoms with Gasteiger partial charge in [-0.05, 0) is 24.6 Å². The van der Waals surface area contributed by atoms with Gasteiger partial charge in [0.25, 0.3) is 0 Å². The Morgan fingerprint density at radius 2 is 1.79 bits per heavy atom. The third kappa shape index (κ3) is 4.12. The summed E-state index contributed by atoms with van der Waals surface area (Å²) in [6, 6.07) is 13.2. The first-order valence-corrected chi connectivity index (χ1v) is 8.66. The average Bonchev–Trinajstić information content (AvgIpc) is 2.72. The van der Waals surface area contributed by atoms with Crippen molar-refractivity contribution in [3.05, 3.63) is 53.6 Å². The topological polar surface area (TPSA) is 95.6 Å². The summed E-state index contributed by atoms with van der Waals surface area (Å²) in [5.74, 6) is 7.14. The molecule has 2 heterocycles. The number of anilines is 1. The van der Waals surface area contributed by atoms with Crippen LogP contribution in [0.25, 0.3) is 11.3 Å². The van der Waals surface area contributed by atoms with Crippen LogP contribution in [0.1, 0.15) is 11.1 Å². The van der Waals surface area contributed by atoms with Crippen LogP contribution in [0.5, 0.6) is 17.6 Å². The summed E-state index contributed by atoms with van der Waals surface area (Å²) in [6.07, 6.45) is 0. The number of methoxy groups -OCH3 is 2. The van der Waals surface area contributed by atoms with Crippen LogP contribution in [-0.4, -0.2) is 36.4 Å². The molecule has 0 radical (unpaired) electrons. The maximum absolute atomic E-state index is 5.95. The molecule has 2 aromatic heterocycles. The van der Waals surface area contributed by atoms with Crippen LogP contribution in [0.15, 0.2) is 42.5 Å². The van der Waals surface area contributed by atoms with Crippen LogP contribution >= 0.6 is 0 Å². The molecule has 8 nitrogen and oxygen atoms in total. The van der Waals surface area contributed by atoms with E-state index in [0.717, 1.165) is 16.8 Å². The van der Waals surface area contributed by atoms with E-state index in [1.807, 2.05) is 37.3 Å². The summed E-state index contributed by atoms with van der Waals surface area (Å²) in [5.41, 5.74) is 4.31. The SMILES string of the molecule is COc1cc(-c2cccc(OCc3c(C)cccc3N(C)N)n2)c(OC)nn1. The van der Waals surface area contributed by atoms with Gasteiger partial charge in [0.15, 0.2) is 0 Å². The molecule has 3 aromatic rings. The van der Waals surface area contributed by atoms with E-state index in [-0.39, 0.29) is 0 Å². The van der Waals surface area contributed by atoms with Crippen molar-refractivity contribution in [2.75, 3.05) is 26.3 Å². The predicted molar refractivity (Wildman–Crippen MR) is 106 cm³/mol. The Morgan fingerprint density at radius 1 is 1.00 bits per heavy atom. The lowest BCUT2D eigenvalue weighted by Crippen LogP contribution is -2.26. The normalized spacial score (nSPS) is 10.5. The summed E-state index contributed by atoms with van der Waals surface area (Å²) in [4.78, 5) is 4.58. The number of pyridine rings is 1. The van der Waals surface area contributed by atoms with Crippen LogP contribution in [0, 0.1) is 6.92 Å². The van der Waals surface area contributed by atoms with E-state index in [1.54, 1.807) is 24.2 Å². The minimum atomic E-state index is 0.342. The second-order valence-corrected chi connectivity index (χ2v) is 6.14. The van der Waals surface area contributed by atoms with Gasteiger partial charge in [0.05, 0.1) is 31.2 Å². The van der Waals surface area contributed by atoms with Gasteiger partial charge in [-0.15, -0.1) is 10.2 Å². The van der Waals surface area contributed by atoms with E-state index in [4.69, 9.17) is 20.1 Å². The highest BCUT2D eigenvalue weighted by atomic mass is 16.5. The van der Waals surface area contributed by atoms with Gasteiger partial charge in [-0.2, -0.15) is 0 Å². The van der Waals surface area contributed by atoms with Gasteiger partial charge in [-0.1, -0.05) is 18.2 Å². The number of hydrogen-bond donors (Lipinski definition) is 1. The molecule has 8 heteroatoms. The van der Waals surface area contributed by atoms with Crippen molar-refractivity contribution in [2.45, 2.75) is 13.5 Å². The average molecular weight is 381 g/mol. The van der Waals surface area contributed by atoms with Crippen molar-refractivity contribution in [3.63, 3.8) is 0 Å². The second kappa shape index (κ2) is 8.53. The molecule has 28 heavy (non-hydrogen) atoms. The minimum Gasteiger partial charge on any atom is -0.480 e. The number of aromatic nitrogens is 3. The van der Waals surface area contributed by atoms with Crippen LogP contribution in [0.4, 0.5) is 5.69 Å². The Morgan fingerprint density at radius 3 is 2.50 bits per heavy atom. The maximum Gasteiger partial charge on any atom is 0.242 e. The van der Waals surface area contributed by atoms with Crippen molar-refractivity contribution in [1.82, 2.24) is 15.2 Å². The van der Waals surface area contributed by atoms with Crippen molar-refractivity contribution in [3.8, 4) is 28.9 Å². The maximum atomic E-state index is 5.95. The highest BCUT2D eigenvalue weighted by molar-refractivity contribution is 5.66. The Hall–Kier alpha value is -3.39. The minimum absolute atomic E-state index is 0.342. The van der Waals surface area contributed by atoms with E-state index in [2.05, 4.69) is 15.2 Å². The molecule has 0 atom stereocenters. The van der Waals surface area contributed by atoms with E-state index >= 15 is 0 Å². The van der Waals surface area contributed by atoms with E-state index in [1.165, 1.54) is 14.2 Å². The zero-order chi connectivity index (χ0) is 20.1. The highest BCUT2D eigenvalue weighted by Crippen LogP contribution is 2.30. The molecule has 0 unspecified atom stereocenters. The zero-order valence-electron chi connectivity index (χ0n) is 16.3. The Labute approximate surface area is 163 Å². The molecule has 0 aliphatic heterocycles. The monoisotopic (exact) mass is 381 g/mol. The van der Waals surface area contributed by atoms with E-state index in [0.29, 0.717) is 35.5 Å². The standard InChI is InChI=1S/C20H23N5O3/c1-13-7-5-9-17(25(2)21)15(13)12-28-18-10-6-8-16(22-18)14-11-19(26-3)23-24-20(14)27-4/h5-11H,12,21H2,1-4H3. The number of rotatable bonds is 7. The zero-order valence-corrected chi connectivity index (χ0v) is 16.3. The molecule has 0 spiro atoms. The van der Waals surface area contributed by atoms with Crippen LogP contribution in [-0.2, 0) is 6.61 Å². The molecule has 0 saturated carbocycles. The van der Waals surface area contributed by atoms with Gasteiger partial charge in [0.1, 0.15) is 6.61 Å². The van der Waals surface area contributed by atoms with Gasteiger partial charge in [-0.3, -0.25) is 0 Å². The van der Waals surface area contributed by atoms with Crippen LogP contribution in [0.3, 0.4) is 0 Å².